The Morgan fingerprint density at radius 1 is 0.538 bits per heavy atom. The van der Waals surface area contributed by atoms with Crippen molar-refractivity contribution in [2.75, 3.05) is 0 Å². The van der Waals surface area contributed by atoms with E-state index < -0.39 is 0 Å². The van der Waals surface area contributed by atoms with Gasteiger partial charge >= 0.3 is 0 Å². The highest BCUT2D eigenvalue weighted by Crippen LogP contribution is 2.54. The van der Waals surface area contributed by atoms with Gasteiger partial charge in [0.2, 0.25) is 0 Å². The van der Waals surface area contributed by atoms with Gasteiger partial charge in [0, 0.05) is 0 Å². The zero-order valence-electron chi connectivity index (χ0n) is 15.9. The van der Waals surface area contributed by atoms with E-state index in [2.05, 4.69) is 0 Å². The average Bonchev–Trinajstić information content (AvgIpc) is 2.68. The van der Waals surface area contributed by atoms with Crippen LogP contribution in [0.3, 0.4) is 0 Å². The lowest BCUT2D eigenvalue weighted by Crippen LogP contribution is -2.45. The Hall–Kier alpha value is -1.06. The normalized spacial score (nSPS) is 45.7. The van der Waals surface area contributed by atoms with Crippen LogP contribution in [0.4, 0.5) is 0 Å². The summed E-state index contributed by atoms with van der Waals surface area (Å²) < 4.78 is 10.8. The smallest absolute Gasteiger partial charge is 0.293 e. The van der Waals surface area contributed by atoms with Crippen molar-refractivity contribution in [3.8, 4) is 0 Å². The van der Waals surface area contributed by atoms with Crippen LogP contribution >= 0.6 is 0 Å². The number of hydrogen-bond donors (Lipinski definition) is 0. The van der Waals surface area contributed by atoms with E-state index in [0.29, 0.717) is 12.9 Å². The molecular formula is C22H34O4. The third kappa shape index (κ3) is 3.66. The van der Waals surface area contributed by atoms with Crippen LogP contribution in [0.5, 0.6) is 0 Å². The monoisotopic (exact) mass is 362 g/mol. The Labute approximate surface area is 157 Å². The molecule has 0 spiro atoms. The Morgan fingerprint density at radius 2 is 1.00 bits per heavy atom. The number of hydrogen-bond acceptors (Lipinski definition) is 4. The summed E-state index contributed by atoms with van der Waals surface area (Å²) in [5.74, 6) is 4.72. The molecule has 146 valence electrons. The number of rotatable bonds is 5. The predicted octanol–water partition coefficient (Wildman–Crippen LogP) is 4.50. The first-order valence-electron chi connectivity index (χ1n) is 11.0. The fourth-order valence-corrected chi connectivity index (χ4v) is 7.35. The van der Waals surface area contributed by atoms with E-state index in [0.717, 1.165) is 61.2 Å². The quantitative estimate of drug-likeness (QED) is 0.676. The van der Waals surface area contributed by atoms with E-state index in [-0.39, 0.29) is 12.2 Å². The molecule has 0 aromatic carbocycles. The van der Waals surface area contributed by atoms with Crippen molar-refractivity contribution in [1.29, 1.82) is 0 Å². The van der Waals surface area contributed by atoms with Crippen molar-refractivity contribution < 1.29 is 19.1 Å². The minimum absolute atomic E-state index is 0.145. The number of carbonyl (C=O) groups excluding carboxylic acids is 2. The van der Waals surface area contributed by atoms with Gasteiger partial charge in [0.15, 0.2) is 0 Å². The molecule has 4 fully saturated rings. The second-order valence-electron chi connectivity index (χ2n) is 9.37. The number of ether oxygens (including phenoxy) is 2. The van der Waals surface area contributed by atoms with Crippen molar-refractivity contribution in [2.45, 2.75) is 89.3 Å². The molecule has 4 aliphatic carbocycles. The van der Waals surface area contributed by atoms with Crippen molar-refractivity contribution in [3.63, 3.8) is 0 Å². The molecule has 4 nitrogen and oxygen atoms in total. The van der Waals surface area contributed by atoms with Gasteiger partial charge in [-0.25, -0.2) is 0 Å². The lowest BCUT2D eigenvalue weighted by Gasteiger charge is -2.52. The second-order valence-corrected chi connectivity index (χ2v) is 9.37. The molecule has 0 heterocycles. The lowest BCUT2D eigenvalue weighted by atomic mass is 9.54. The van der Waals surface area contributed by atoms with Gasteiger partial charge in [0.1, 0.15) is 12.2 Å². The summed E-state index contributed by atoms with van der Waals surface area (Å²) in [6, 6.07) is 0. The van der Waals surface area contributed by atoms with Crippen molar-refractivity contribution in [1.82, 2.24) is 0 Å². The lowest BCUT2D eigenvalue weighted by molar-refractivity contribution is -0.141. The van der Waals surface area contributed by atoms with Gasteiger partial charge in [0.25, 0.3) is 12.9 Å². The minimum Gasteiger partial charge on any atom is -0.465 e. The van der Waals surface area contributed by atoms with Gasteiger partial charge in [-0.15, -0.1) is 0 Å². The van der Waals surface area contributed by atoms with Gasteiger partial charge in [-0.1, -0.05) is 25.7 Å². The van der Waals surface area contributed by atoms with Gasteiger partial charge in [0.05, 0.1) is 0 Å². The number of carbonyl (C=O) groups is 2. The summed E-state index contributed by atoms with van der Waals surface area (Å²) in [4.78, 5) is 21.7. The summed E-state index contributed by atoms with van der Waals surface area (Å²) in [6.45, 7) is 1.31. The summed E-state index contributed by atoms with van der Waals surface area (Å²) >= 11 is 0. The Morgan fingerprint density at radius 3 is 1.42 bits per heavy atom. The van der Waals surface area contributed by atoms with Crippen molar-refractivity contribution >= 4 is 12.9 Å². The standard InChI is InChI=1S/C22H34O4/c23-13-25-17-9-7-15-3-1-5-19(21(15)11-17)20-6-2-4-16-8-10-18(26-14-24)12-22(16)20/h13-22H,1-12H2. The van der Waals surface area contributed by atoms with E-state index in [1.807, 2.05) is 0 Å². The molecule has 4 rings (SSSR count). The Balaban J connectivity index is 1.49. The molecule has 8 atom stereocenters. The SMILES string of the molecule is O=COC1CCC2CCCC(C3CCCC4CCC(OC=O)CC43)C2C1. The molecule has 0 aliphatic heterocycles. The maximum Gasteiger partial charge on any atom is 0.293 e. The molecule has 0 bridgehead atoms. The van der Waals surface area contributed by atoms with Gasteiger partial charge < -0.3 is 9.47 Å². The summed E-state index contributed by atoms with van der Waals surface area (Å²) in [5.41, 5.74) is 0. The first-order valence-corrected chi connectivity index (χ1v) is 11.0. The molecule has 0 radical (unpaired) electrons. The minimum atomic E-state index is 0.145. The highest BCUT2D eigenvalue weighted by atomic mass is 16.5. The van der Waals surface area contributed by atoms with Crippen LogP contribution in [-0.4, -0.2) is 25.2 Å². The van der Waals surface area contributed by atoms with Crippen molar-refractivity contribution in [2.24, 2.45) is 35.5 Å². The van der Waals surface area contributed by atoms with Crippen LogP contribution in [0.2, 0.25) is 0 Å². The van der Waals surface area contributed by atoms with Crippen molar-refractivity contribution in [3.05, 3.63) is 0 Å². The van der Waals surface area contributed by atoms with E-state index in [9.17, 15) is 9.59 Å². The molecule has 0 saturated heterocycles. The highest BCUT2D eigenvalue weighted by molar-refractivity contribution is 5.37. The fraction of sp³-hybridized carbons (Fsp3) is 0.909. The zero-order chi connectivity index (χ0) is 17.9. The van der Waals surface area contributed by atoms with Crippen LogP contribution in [0.1, 0.15) is 77.0 Å². The third-order valence-corrected chi connectivity index (χ3v) is 8.37. The Kier molecular flexibility index (Phi) is 5.85. The molecule has 0 N–H and O–H groups in total. The highest BCUT2D eigenvalue weighted by Gasteiger charge is 2.47. The van der Waals surface area contributed by atoms with E-state index in [1.165, 1.54) is 51.4 Å². The summed E-state index contributed by atoms with van der Waals surface area (Å²) in [7, 11) is 0. The van der Waals surface area contributed by atoms with Crippen LogP contribution in [0, 0.1) is 35.5 Å². The van der Waals surface area contributed by atoms with Gasteiger partial charge in [-0.3, -0.25) is 9.59 Å². The van der Waals surface area contributed by atoms with E-state index >= 15 is 0 Å². The van der Waals surface area contributed by atoms with Crippen LogP contribution in [0.15, 0.2) is 0 Å². The summed E-state index contributed by atoms with van der Waals surface area (Å²) in [6.07, 6.45) is 15.2. The molecule has 4 saturated carbocycles. The largest absolute Gasteiger partial charge is 0.465 e. The third-order valence-electron chi connectivity index (χ3n) is 8.37. The fourth-order valence-electron chi connectivity index (χ4n) is 7.35. The average molecular weight is 363 g/mol. The second kappa shape index (κ2) is 8.31. The molecule has 4 heteroatoms. The molecular weight excluding hydrogens is 328 g/mol. The molecule has 8 unspecified atom stereocenters. The van der Waals surface area contributed by atoms with Gasteiger partial charge in [-0.2, -0.15) is 0 Å². The van der Waals surface area contributed by atoms with Crippen LogP contribution < -0.4 is 0 Å². The molecule has 0 amide bonds. The van der Waals surface area contributed by atoms with E-state index in [4.69, 9.17) is 9.47 Å². The maximum absolute atomic E-state index is 10.8. The maximum atomic E-state index is 10.8. The van der Waals surface area contributed by atoms with Crippen LogP contribution in [0.25, 0.3) is 0 Å². The Bertz CT molecular complexity index is 449. The van der Waals surface area contributed by atoms with E-state index in [1.54, 1.807) is 0 Å². The molecule has 0 aromatic rings. The number of fused-ring (bicyclic) bond motifs is 2. The first-order chi connectivity index (χ1) is 12.8. The first kappa shape index (κ1) is 18.3. The zero-order valence-corrected chi connectivity index (χ0v) is 15.9. The molecule has 4 aliphatic rings. The summed E-state index contributed by atoms with van der Waals surface area (Å²) in [5, 5.41) is 0. The topological polar surface area (TPSA) is 52.6 Å². The van der Waals surface area contributed by atoms with Crippen LogP contribution in [-0.2, 0) is 19.1 Å². The predicted molar refractivity (Wildman–Crippen MR) is 98.2 cm³/mol. The molecule has 26 heavy (non-hydrogen) atoms. The molecule has 0 aromatic heterocycles. The van der Waals surface area contributed by atoms with Gasteiger partial charge in [-0.05, 0) is 86.9 Å².